The lowest BCUT2D eigenvalue weighted by molar-refractivity contribution is 0.0940. The molecule has 1 heterocycles. The van der Waals surface area contributed by atoms with E-state index in [1.165, 1.54) is 0 Å². The number of nitrogens with one attached hydrogen (secondary N) is 1. The van der Waals surface area contributed by atoms with Crippen LogP contribution in [0, 0.1) is 0 Å². The molecule has 0 bridgehead atoms. The van der Waals surface area contributed by atoms with E-state index in [-0.39, 0.29) is 17.4 Å². The van der Waals surface area contributed by atoms with Crippen molar-refractivity contribution in [3.8, 4) is 0 Å². The van der Waals surface area contributed by atoms with Crippen molar-refractivity contribution in [3.63, 3.8) is 0 Å². The van der Waals surface area contributed by atoms with E-state index < -0.39 is 0 Å². The highest BCUT2D eigenvalue weighted by Gasteiger charge is 2.26. The first-order valence-electron chi connectivity index (χ1n) is 6.06. The van der Waals surface area contributed by atoms with Crippen molar-refractivity contribution < 1.29 is 4.79 Å². The maximum atomic E-state index is 12.1. The van der Waals surface area contributed by atoms with E-state index in [0.29, 0.717) is 10.8 Å². The topological polar surface area (TPSA) is 54.9 Å². The van der Waals surface area contributed by atoms with Gasteiger partial charge in [-0.3, -0.25) is 4.79 Å². The molecule has 1 unspecified atom stereocenters. The molecule has 4 nitrogen and oxygen atoms in total. The van der Waals surface area contributed by atoms with Crippen LogP contribution >= 0.6 is 23.1 Å². The lowest BCUT2D eigenvalue weighted by Gasteiger charge is -2.17. The van der Waals surface area contributed by atoms with Gasteiger partial charge in [0.15, 0.2) is 0 Å². The van der Waals surface area contributed by atoms with Gasteiger partial charge in [-0.05, 0) is 31.3 Å². The van der Waals surface area contributed by atoms with Crippen LogP contribution in [0.15, 0.2) is 0 Å². The molecule has 1 atom stereocenters. The van der Waals surface area contributed by atoms with Crippen LogP contribution in [0.5, 0.6) is 0 Å². The van der Waals surface area contributed by atoms with Gasteiger partial charge in [0, 0.05) is 17.3 Å². The summed E-state index contributed by atoms with van der Waals surface area (Å²) in [5.74, 6) is 0.534. The van der Waals surface area contributed by atoms with Crippen LogP contribution in [0.25, 0.3) is 0 Å². The summed E-state index contributed by atoms with van der Waals surface area (Å²) >= 11 is 6.79. The molecule has 1 aromatic rings. The second kappa shape index (κ2) is 6.48. The lowest BCUT2D eigenvalue weighted by atomic mass is 9.91. The number of alkyl halides is 1. The number of aromatic nitrogens is 2. The Hall–Kier alpha value is -0.680. The van der Waals surface area contributed by atoms with Crippen LogP contribution in [0.3, 0.4) is 0 Å². The van der Waals surface area contributed by atoms with Crippen molar-refractivity contribution in [2.75, 3.05) is 5.88 Å². The number of hydrogen-bond donors (Lipinski definition) is 1. The highest BCUT2D eigenvalue weighted by molar-refractivity contribution is 7.08. The van der Waals surface area contributed by atoms with Crippen molar-refractivity contribution in [2.24, 2.45) is 0 Å². The summed E-state index contributed by atoms with van der Waals surface area (Å²) in [4.78, 5) is 12.7. The fourth-order valence-electron chi connectivity index (χ4n) is 1.58. The van der Waals surface area contributed by atoms with Crippen molar-refractivity contribution >= 4 is 29.0 Å². The fourth-order valence-corrected chi connectivity index (χ4v) is 2.51. The first-order chi connectivity index (χ1) is 8.36. The maximum absolute atomic E-state index is 12.1. The lowest BCUT2D eigenvalue weighted by Crippen LogP contribution is -2.33. The minimum atomic E-state index is -0.168. The molecule has 1 N–H and O–H groups in total. The first kappa shape index (κ1) is 15.4. The molecule has 0 aliphatic rings. The second-order valence-electron chi connectivity index (χ2n) is 5.41. The molecular weight excluding hydrogens is 270 g/mol. The molecule has 18 heavy (non-hydrogen) atoms. The first-order valence-corrected chi connectivity index (χ1v) is 7.36. The number of halogens is 1. The highest BCUT2D eigenvalue weighted by Crippen LogP contribution is 2.25. The number of nitrogens with zero attached hydrogens (tertiary/aromatic N) is 2. The van der Waals surface area contributed by atoms with Crippen LogP contribution in [-0.2, 0) is 5.41 Å². The van der Waals surface area contributed by atoms with Crippen molar-refractivity contribution in [3.05, 3.63) is 10.6 Å². The normalized spacial score (nSPS) is 13.4. The molecule has 0 saturated heterocycles. The maximum Gasteiger partial charge on any atom is 0.265 e. The molecule has 6 heteroatoms. The monoisotopic (exact) mass is 289 g/mol. The summed E-state index contributed by atoms with van der Waals surface area (Å²) in [6.07, 6.45) is 1.78. The SMILES string of the molecule is CC(CCCCl)NC(=O)c1snnc1C(C)(C)C. The van der Waals surface area contributed by atoms with Gasteiger partial charge in [-0.25, -0.2) is 0 Å². The van der Waals surface area contributed by atoms with Crippen LogP contribution in [0.4, 0.5) is 0 Å². The Kier molecular flexibility index (Phi) is 5.53. The summed E-state index contributed by atoms with van der Waals surface area (Å²) in [5, 5.41) is 7.03. The predicted molar refractivity (Wildman–Crippen MR) is 75.5 cm³/mol. The van der Waals surface area contributed by atoms with Crippen LogP contribution in [0.2, 0.25) is 0 Å². The molecule has 1 amide bonds. The van der Waals surface area contributed by atoms with E-state index >= 15 is 0 Å². The number of carbonyl (C=O) groups is 1. The number of amides is 1. The Bertz CT molecular complexity index is 400. The Labute approximate surface area is 117 Å². The molecule has 0 fully saturated rings. The van der Waals surface area contributed by atoms with E-state index in [9.17, 15) is 4.79 Å². The third-order valence-corrected chi connectivity index (χ3v) is 3.54. The quantitative estimate of drug-likeness (QED) is 0.848. The Morgan fingerprint density at radius 1 is 1.50 bits per heavy atom. The Morgan fingerprint density at radius 2 is 2.17 bits per heavy atom. The second-order valence-corrected chi connectivity index (χ2v) is 6.54. The summed E-state index contributed by atoms with van der Waals surface area (Å²) in [7, 11) is 0. The predicted octanol–water partition coefficient (Wildman–Crippen LogP) is 2.97. The van der Waals surface area contributed by atoms with Gasteiger partial charge in [0.2, 0.25) is 0 Å². The van der Waals surface area contributed by atoms with Gasteiger partial charge in [-0.15, -0.1) is 16.7 Å². The van der Waals surface area contributed by atoms with E-state index in [1.807, 2.05) is 27.7 Å². The van der Waals surface area contributed by atoms with E-state index in [2.05, 4.69) is 14.9 Å². The van der Waals surface area contributed by atoms with E-state index in [4.69, 9.17) is 11.6 Å². The molecule has 0 spiro atoms. The van der Waals surface area contributed by atoms with Gasteiger partial charge in [0.1, 0.15) is 4.88 Å². The summed E-state index contributed by atoms with van der Waals surface area (Å²) < 4.78 is 3.89. The van der Waals surface area contributed by atoms with Crippen molar-refractivity contribution in [2.45, 2.75) is 52.0 Å². The van der Waals surface area contributed by atoms with Crippen LogP contribution in [0.1, 0.15) is 55.9 Å². The average molecular weight is 290 g/mol. The number of rotatable bonds is 5. The molecule has 102 valence electrons. The molecule has 1 rings (SSSR count). The summed E-state index contributed by atoms with van der Waals surface area (Å²) in [6.45, 7) is 8.06. The smallest absolute Gasteiger partial charge is 0.265 e. The Morgan fingerprint density at radius 3 is 2.72 bits per heavy atom. The fraction of sp³-hybridized carbons (Fsp3) is 0.750. The number of hydrogen-bond acceptors (Lipinski definition) is 4. The van der Waals surface area contributed by atoms with Gasteiger partial charge in [0.05, 0.1) is 5.69 Å². The molecular formula is C12H20ClN3OS. The van der Waals surface area contributed by atoms with Gasteiger partial charge >= 0.3 is 0 Å². The minimum Gasteiger partial charge on any atom is -0.349 e. The number of carbonyl (C=O) groups excluding carboxylic acids is 1. The molecule has 0 aromatic carbocycles. The van der Waals surface area contributed by atoms with E-state index in [1.54, 1.807) is 0 Å². The van der Waals surface area contributed by atoms with Crippen LogP contribution in [-0.4, -0.2) is 27.4 Å². The van der Waals surface area contributed by atoms with Crippen molar-refractivity contribution in [1.82, 2.24) is 14.9 Å². The largest absolute Gasteiger partial charge is 0.349 e. The summed E-state index contributed by atoms with van der Waals surface area (Å²) in [5.41, 5.74) is 0.591. The highest BCUT2D eigenvalue weighted by atomic mass is 35.5. The third kappa shape index (κ3) is 4.21. The average Bonchev–Trinajstić information content (AvgIpc) is 2.74. The molecule has 0 aliphatic heterocycles. The third-order valence-electron chi connectivity index (χ3n) is 2.55. The zero-order chi connectivity index (χ0) is 13.8. The molecule has 0 aliphatic carbocycles. The Balaban J connectivity index is 2.70. The van der Waals surface area contributed by atoms with E-state index in [0.717, 1.165) is 30.1 Å². The van der Waals surface area contributed by atoms with Gasteiger partial charge in [-0.1, -0.05) is 25.3 Å². The molecule has 0 saturated carbocycles. The van der Waals surface area contributed by atoms with Gasteiger partial charge < -0.3 is 5.32 Å². The summed E-state index contributed by atoms with van der Waals surface area (Å²) in [6, 6.07) is 0.117. The van der Waals surface area contributed by atoms with Crippen LogP contribution < -0.4 is 5.32 Å². The zero-order valence-corrected chi connectivity index (χ0v) is 12.9. The zero-order valence-electron chi connectivity index (χ0n) is 11.3. The minimum absolute atomic E-state index is 0.0861. The standard InChI is InChI=1S/C12H20ClN3OS/c1-8(6-5-7-13)14-11(17)9-10(12(2,3)4)15-16-18-9/h8H,5-7H2,1-4H3,(H,14,17). The van der Waals surface area contributed by atoms with Crippen molar-refractivity contribution in [1.29, 1.82) is 0 Å². The van der Waals surface area contributed by atoms with Gasteiger partial charge in [0.25, 0.3) is 5.91 Å². The molecule has 0 radical (unpaired) electrons. The molecule has 1 aromatic heterocycles. The van der Waals surface area contributed by atoms with Gasteiger partial charge in [-0.2, -0.15) is 0 Å².